The third-order valence-corrected chi connectivity index (χ3v) is 3.02. The van der Waals surface area contributed by atoms with Crippen LogP contribution in [0.15, 0.2) is 24.3 Å². The highest BCUT2D eigenvalue weighted by Gasteiger charge is 2.13. The lowest BCUT2D eigenvalue weighted by Crippen LogP contribution is -2.27. The van der Waals surface area contributed by atoms with Crippen molar-refractivity contribution in [1.82, 2.24) is 25.9 Å². The lowest BCUT2D eigenvalue weighted by molar-refractivity contribution is -0.121. The van der Waals surface area contributed by atoms with Crippen molar-refractivity contribution in [2.45, 2.75) is 32.7 Å². The Labute approximate surface area is 123 Å². The molecule has 0 spiro atoms. The molecule has 0 aliphatic rings. The minimum absolute atomic E-state index is 0.0569. The van der Waals surface area contributed by atoms with Crippen molar-refractivity contribution >= 4 is 5.91 Å². The van der Waals surface area contributed by atoms with E-state index in [1.807, 2.05) is 38.1 Å². The minimum atomic E-state index is -0.265. The molecule has 2 aromatic rings. The summed E-state index contributed by atoms with van der Waals surface area (Å²) in [5.41, 5.74) is 1.03. The first-order chi connectivity index (χ1) is 10.2. The van der Waals surface area contributed by atoms with E-state index in [9.17, 15) is 4.79 Å². The van der Waals surface area contributed by atoms with Crippen molar-refractivity contribution in [3.8, 4) is 5.75 Å². The second kappa shape index (κ2) is 7.37. The van der Waals surface area contributed by atoms with Gasteiger partial charge in [0.2, 0.25) is 5.91 Å². The number of carbonyl (C=O) groups is 1. The number of amides is 1. The fraction of sp³-hybridized carbons (Fsp3) is 0.429. The van der Waals surface area contributed by atoms with Crippen molar-refractivity contribution in [2.75, 3.05) is 6.61 Å². The molecule has 2 rings (SSSR count). The molecule has 0 aliphatic carbocycles. The second-order valence-electron chi connectivity index (χ2n) is 4.60. The van der Waals surface area contributed by atoms with Crippen molar-refractivity contribution in [3.63, 3.8) is 0 Å². The Morgan fingerprint density at radius 3 is 2.95 bits per heavy atom. The highest BCUT2D eigenvalue weighted by molar-refractivity contribution is 5.76. The van der Waals surface area contributed by atoms with Gasteiger partial charge in [-0.2, -0.15) is 5.21 Å². The fourth-order valence-corrected chi connectivity index (χ4v) is 1.99. The molecule has 0 saturated heterocycles. The van der Waals surface area contributed by atoms with Crippen LogP contribution in [-0.4, -0.2) is 33.1 Å². The number of nitrogens with one attached hydrogen (secondary N) is 2. The Morgan fingerprint density at radius 2 is 2.24 bits per heavy atom. The van der Waals surface area contributed by atoms with Crippen LogP contribution in [0, 0.1) is 0 Å². The summed E-state index contributed by atoms with van der Waals surface area (Å²) in [6, 6.07) is 7.49. The van der Waals surface area contributed by atoms with Gasteiger partial charge in [-0.1, -0.05) is 23.4 Å². The van der Waals surface area contributed by atoms with Gasteiger partial charge in [0.1, 0.15) is 5.75 Å². The van der Waals surface area contributed by atoms with E-state index in [0.717, 1.165) is 11.3 Å². The Morgan fingerprint density at radius 1 is 1.43 bits per heavy atom. The zero-order valence-electron chi connectivity index (χ0n) is 12.2. The number of ether oxygens (including phenoxy) is 1. The third kappa shape index (κ3) is 4.27. The molecule has 0 fully saturated rings. The van der Waals surface area contributed by atoms with Crippen LogP contribution in [0.1, 0.15) is 37.7 Å². The Balaban J connectivity index is 1.86. The summed E-state index contributed by atoms with van der Waals surface area (Å²) >= 11 is 0. The van der Waals surface area contributed by atoms with Crippen LogP contribution in [0.3, 0.4) is 0 Å². The Kier molecular flexibility index (Phi) is 5.25. The molecule has 2 N–H and O–H groups in total. The van der Waals surface area contributed by atoms with E-state index in [-0.39, 0.29) is 11.9 Å². The van der Waals surface area contributed by atoms with Crippen molar-refractivity contribution in [1.29, 1.82) is 0 Å². The lowest BCUT2D eigenvalue weighted by atomic mass is 10.1. The van der Waals surface area contributed by atoms with Crippen molar-refractivity contribution in [3.05, 3.63) is 35.7 Å². The number of tetrazole rings is 1. The largest absolute Gasteiger partial charge is 0.494 e. The summed E-state index contributed by atoms with van der Waals surface area (Å²) in [5, 5.41) is 16.4. The Hall–Kier alpha value is -2.44. The first-order valence-electron chi connectivity index (χ1n) is 6.94. The molecule has 1 atom stereocenters. The number of rotatable bonds is 7. The topological polar surface area (TPSA) is 92.8 Å². The van der Waals surface area contributed by atoms with Gasteiger partial charge in [-0.05, 0) is 31.9 Å². The molecule has 7 nitrogen and oxygen atoms in total. The predicted octanol–water partition coefficient (Wildman–Crippen LogP) is 1.41. The van der Waals surface area contributed by atoms with E-state index >= 15 is 0 Å². The number of hydrogen-bond acceptors (Lipinski definition) is 5. The quantitative estimate of drug-likeness (QED) is 0.804. The highest BCUT2D eigenvalue weighted by atomic mass is 16.5. The molecule has 1 aromatic heterocycles. The first kappa shape index (κ1) is 15.0. The van der Waals surface area contributed by atoms with Gasteiger partial charge in [-0.15, -0.1) is 10.2 Å². The van der Waals surface area contributed by atoms with Gasteiger partial charge in [0.05, 0.1) is 12.6 Å². The molecular formula is C14H19N5O2. The smallest absolute Gasteiger partial charge is 0.220 e. The molecule has 112 valence electrons. The fourth-order valence-electron chi connectivity index (χ4n) is 1.99. The molecule has 1 aromatic carbocycles. The van der Waals surface area contributed by atoms with Crippen LogP contribution in [0.4, 0.5) is 0 Å². The molecule has 1 amide bonds. The molecule has 0 bridgehead atoms. The van der Waals surface area contributed by atoms with Crippen LogP contribution < -0.4 is 10.1 Å². The number of nitrogens with zero attached hydrogens (tertiary/aromatic N) is 3. The molecule has 1 unspecified atom stereocenters. The van der Waals surface area contributed by atoms with Crippen LogP contribution in [0.5, 0.6) is 5.75 Å². The SMILES string of the molecule is CCOc1ccccc1CCC(=O)NC(C)c1nn[nH]n1. The summed E-state index contributed by atoms with van der Waals surface area (Å²) in [6.45, 7) is 4.37. The summed E-state index contributed by atoms with van der Waals surface area (Å²) in [7, 11) is 0. The van der Waals surface area contributed by atoms with Gasteiger partial charge in [0, 0.05) is 6.42 Å². The van der Waals surface area contributed by atoms with Crippen molar-refractivity contribution in [2.24, 2.45) is 0 Å². The molecule has 1 heterocycles. The van der Waals surface area contributed by atoms with Gasteiger partial charge in [-0.25, -0.2) is 0 Å². The van der Waals surface area contributed by atoms with E-state index in [0.29, 0.717) is 25.3 Å². The molecule has 0 aliphatic heterocycles. The van der Waals surface area contributed by atoms with Gasteiger partial charge in [0.15, 0.2) is 5.82 Å². The number of benzene rings is 1. The average molecular weight is 289 g/mol. The van der Waals surface area contributed by atoms with Crippen LogP contribution in [0.2, 0.25) is 0 Å². The number of aromatic nitrogens is 4. The number of hydrogen-bond donors (Lipinski definition) is 2. The van der Waals surface area contributed by atoms with Gasteiger partial charge in [-0.3, -0.25) is 4.79 Å². The number of aryl methyl sites for hydroxylation is 1. The maximum absolute atomic E-state index is 12.0. The second-order valence-corrected chi connectivity index (χ2v) is 4.60. The normalized spacial score (nSPS) is 11.9. The summed E-state index contributed by atoms with van der Waals surface area (Å²) < 4.78 is 5.55. The van der Waals surface area contributed by atoms with Crippen molar-refractivity contribution < 1.29 is 9.53 Å². The number of aromatic amines is 1. The highest BCUT2D eigenvalue weighted by Crippen LogP contribution is 2.19. The molecule has 0 radical (unpaired) electrons. The number of carbonyl (C=O) groups excluding carboxylic acids is 1. The molecule has 0 saturated carbocycles. The Bertz CT molecular complexity index is 571. The van der Waals surface area contributed by atoms with Crippen LogP contribution >= 0.6 is 0 Å². The van der Waals surface area contributed by atoms with Crippen LogP contribution in [0.25, 0.3) is 0 Å². The average Bonchev–Trinajstić information content (AvgIpc) is 3.01. The van der Waals surface area contributed by atoms with E-state index in [1.54, 1.807) is 0 Å². The maximum Gasteiger partial charge on any atom is 0.220 e. The minimum Gasteiger partial charge on any atom is -0.494 e. The zero-order chi connectivity index (χ0) is 15.1. The molecule has 7 heteroatoms. The van der Waals surface area contributed by atoms with Crippen LogP contribution in [-0.2, 0) is 11.2 Å². The van der Waals surface area contributed by atoms with E-state index in [1.165, 1.54) is 0 Å². The van der Waals surface area contributed by atoms with E-state index in [4.69, 9.17) is 4.74 Å². The number of H-pyrrole nitrogens is 1. The van der Waals surface area contributed by atoms with E-state index in [2.05, 4.69) is 25.9 Å². The summed E-state index contributed by atoms with van der Waals surface area (Å²) in [5.74, 6) is 1.25. The maximum atomic E-state index is 12.0. The molecular weight excluding hydrogens is 270 g/mol. The van der Waals surface area contributed by atoms with E-state index < -0.39 is 0 Å². The zero-order valence-corrected chi connectivity index (χ0v) is 12.2. The summed E-state index contributed by atoms with van der Waals surface area (Å²) in [4.78, 5) is 12.0. The first-order valence-corrected chi connectivity index (χ1v) is 6.94. The predicted molar refractivity (Wildman–Crippen MR) is 76.7 cm³/mol. The third-order valence-electron chi connectivity index (χ3n) is 3.02. The molecule has 21 heavy (non-hydrogen) atoms. The number of para-hydroxylation sites is 1. The summed E-state index contributed by atoms with van der Waals surface area (Å²) in [6.07, 6.45) is 1.01. The standard InChI is InChI=1S/C14H19N5O2/c1-3-21-12-7-5-4-6-11(12)8-9-13(20)15-10(2)14-16-18-19-17-14/h4-7,10H,3,8-9H2,1-2H3,(H,15,20)(H,16,17,18,19). The monoisotopic (exact) mass is 289 g/mol. The van der Waals surface area contributed by atoms with Gasteiger partial charge < -0.3 is 10.1 Å². The van der Waals surface area contributed by atoms with Gasteiger partial charge in [0.25, 0.3) is 0 Å². The van der Waals surface area contributed by atoms with Gasteiger partial charge >= 0.3 is 0 Å². The lowest BCUT2D eigenvalue weighted by Gasteiger charge is -2.12.